The Labute approximate surface area is 122 Å². The number of aliphatic hydroxyl groups is 1. The molecule has 0 bridgehead atoms. The summed E-state index contributed by atoms with van der Waals surface area (Å²) in [6.45, 7) is 0.301. The topological polar surface area (TPSA) is 91.8 Å². The molecular formula is C14H19N3O4. The Morgan fingerprint density at radius 2 is 1.67 bits per heavy atom. The maximum absolute atomic E-state index is 9.00. The number of hydrogen-bond donors (Lipinski definition) is 2. The quantitative estimate of drug-likeness (QED) is 0.830. The number of anilines is 1. The van der Waals surface area contributed by atoms with Crippen molar-refractivity contribution in [3.05, 3.63) is 18.2 Å². The van der Waals surface area contributed by atoms with Crippen molar-refractivity contribution >= 4 is 5.82 Å². The second-order valence-corrected chi connectivity index (χ2v) is 4.31. The second-order valence-electron chi connectivity index (χ2n) is 4.31. The Hall–Kier alpha value is -2.41. The molecule has 0 aliphatic carbocycles. The Morgan fingerprint density at radius 3 is 2.24 bits per heavy atom. The van der Waals surface area contributed by atoms with E-state index >= 15 is 0 Å². The lowest BCUT2D eigenvalue weighted by Gasteiger charge is -2.12. The summed E-state index contributed by atoms with van der Waals surface area (Å²) in [7, 11) is 4.69. The zero-order chi connectivity index (χ0) is 15.4. The van der Waals surface area contributed by atoms with Gasteiger partial charge in [-0.25, -0.2) is 4.68 Å². The van der Waals surface area contributed by atoms with Crippen molar-refractivity contribution in [2.75, 3.05) is 33.7 Å². The molecule has 0 unspecified atom stereocenters. The third-order valence-corrected chi connectivity index (χ3v) is 3.10. The van der Waals surface area contributed by atoms with Crippen molar-refractivity contribution in [3.63, 3.8) is 0 Å². The molecule has 0 fully saturated rings. The van der Waals surface area contributed by atoms with Crippen LogP contribution in [0.4, 0.5) is 5.82 Å². The van der Waals surface area contributed by atoms with E-state index in [1.807, 2.05) is 0 Å². The van der Waals surface area contributed by atoms with Crippen LogP contribution < -0.4 is 19.9 Å². The zero-order valence-corrected chi connectivity index (χ0v) is 12.3. The van der Waals surface area contributed by atoms with Gasteiger partial charge >= 0.3 is 0 Å². The van der Waals surface area contributed by atoms with Gasteiger partial charge in [-0.3, -0.25) is 0 Å². The fourth-order valence-corrected chi connectivity index (χ4v) is 2.07. The first-order valence-electron chi connectivity index (χ1n) is 6.39. The lowest BCUT2D eigenvalue weighted by atomic mass is 10.1. The minimum absolute atomic E-state index is 0.0333. The van der Waals surface area contributed by atoms with Crippen LogP contribution in [-0.4, -0.2) is 42.8 Å². The smallest absolute Gasteiger partial charge is 0.164 e. The van der Waals surface area contributed by atoms with Crippen LogP contribution in [0.15, 0.2) is 18.2 Å². The van der Waals surface area contributed by atoms with Crippen molar-refractivity contribution in [2.24, 2.45) is 0 Å². The number of aromatic nitrogens is 2. The van der Waals surface area contributed by atoms with E-state index in [0.29, 0.717) is 35.3 Å². The predicted octanol–water partition coefficient (Wildman–Crippen LogP) is 1.15. The number of nitrogens with two attached hydrogens (primary N) is 1. The summed E-state index contributed by atoms with van der Waals surface area (Å²) < 4.78 is 17.5. The molecule has 1 aromatic heterocycles. The average Bonchev–Trinajstić information content (AvgIpc) is 2.87. The van der Waals surface area contributed by atoms with Crippen molar-refractivity contribution in [1.29, 1.82) is 0 Å². The maximum atomic E-state index is 9.00. The van der Waals surface area contributed by atoms with Crippen molar-refractivity contribution in [2.45, 2.75) is 6.54 Å². The minimum Gasteiger partial charge on any atom is -0.496 e. The standard InChI is InChI=1S/C14H19N3O4/c1-19-11-8-13(21-3)12(20-2)6-9(11)10-7-14(15)17(16-10)4-5-18/h6-8,18H,4-5,15H2,1-3H3. The number of methoxy groups -OCH3 is 3. The summed E-state index contributed by atoms with van der Waals surface area (Å²) in [5, 5.41) is 13.4. The van der Waals surface area contributed by atoms with E-state index in [0.717, 1.165) is 5.56 Å². The molecule has 0 atom stereocenters. The number of nitrogens with zero attached hydrogens (tertiary/aromatic N) is 2. The molecular weight excluding hydrogens is 274 g/mol. The van der Waals surface area contributed by atoms with E-state index in [1.54, 1.807) is 39.5 Å². The van der Waals surface area contributed by atoms with Crippen LogP contribution in [-0.2, 0) is 6.54 Å². The largest absolute Gasteiger partial charge is 0.496 e. The van der Waals surface area contributed by atoms with Gasteiger partial charge in [0.2, 0.25) is 0 Å². The Bertz CT molecular complexity index is 625. The molecule has 0 spiro atoms. The fourth-order valence-electron chi connectivity index (χ4n) is 2.07. The lowest BCUT2D eigenvalue weighted by molar-refractivity contribution is 0.270. The Balaban J connectivity index is 2.54. The molecule has 0 aliphatic heterocycles. The number of aliphatic hydroxyl groups excluding tert-OH is 1. The van der Waals surface area contributed by atoms with Gasteiger partial charge in [-0.15, -0.1) is 0 Å². The summed E-state index contributed by atoms with van der Waals surface area (Å²) in [6, 6.07) is 5.23. The number of benzene rings is 1. The first kappa shape index (κ1) is 15.0. The summed E-state index contributed by atoms with van der Waals surface area (Å²) >= 11 is 0. The highest BCUT2D eigenvalue weighted by molar-refractivity contribution is 5.73. The van der Waals surface area contributed by atoms with Crippen LogP contribution >= 0.6 is 0 Å². The molecule has 0 aliphatic rings. The molecule has 3 N–H and O–H groups in total. The molecule has 1 heterocycles. The number of rotatable bonds is 6. The van der Waals surface area contributed by atoms with E-state index in [2.05, 4.69) is 5.10 Å². The molecule has 7 heteroatoms. The van der Waals surface area contributed by atoms with Crippen LogP contribution in [0.3, 0.4) is 0 Å². The van der Waals surface area contributed by atoms with Crippen LogP contribution in [0.2, 0.25) is 0 Å². The van der Waals surface area contributed by atoms with E-state index in [1.165, 1.54) is 4.68 Å². The van der Waals surface area contributed by atoms with E-state index < -0.39 is 0 Å². The van der Waals surface area contributed by atoms with Gasteiger partial charge in [-0.1, -0.05) is 0 Å². The highest BCUT2D eigenvalue weighted by Crippen LogP contribution is 2.39. The molecule has 21 heavy (non-hydrogen) atoms. The SMILES string of the molecule is COc1cc(OC)c(-c2cc(N)n(CCO)n2)cc1OC. The van der Waals surface area contributed by atoms with Gasteiger partial charge in [0.15, 0.2) is 11.5 Å². The van der Waals surface area contributed by atoms with Crippen molar-refractivity contribution in [3.8, 4) is 28.5 Å². The van der Waals surface area contributed by atoms with Gasteiger partial charge in [0.05, 0.1) is 40.2 Å². The molecule has 1 aromatic carbocycles. The highest BCUT2D eigenvalue weighted by Gasteiger charge is 2.16. The van der Waals surface area contributed by atoms with Crippen LogP contribution in [0.5, 0.6) is 17.2 Å². The molecule has 2 aromatic rings. The summed E-state index contributed by atoms with van der Waals surface area (Å²) in [6.07, 6.45) is 0. The van der Waals surface area contributed by atoms with Gasteiger partial charge in [0.1, 0.15) is 11.6 Å². The van der Waals surface area contributed by atoms with Gasteiger partial charge in [-0.05, 0) is 6.07 Å². The molecule has 114 valence electrons. The van der Waals surface area contributed by atoms with E-state index in [-0.39, 0.29) is 6.61 Å². The predicted molar refractivity (Wildman–Crippen MR) is 78.8 cm³/mol. The average molecular weight is 293 g/mol. The zero-order valence-electron chi connectivity index (χ0n) is 12.3. The Morgan fingerprint density at radius 1 is 1.05 bits per heavy atom. The molecule has 0 saturated heterocycles. The molecule has 0 amide bonds. The van der Waals surface area contributed by atoms with Gasteiger partial charge in [0.25, 0.3) is 0 Å². The first-order chi connectivity index (χ1) is 10.1. The molecule has 0 radical (unpaired) electrons. The maximum Gasteiger partial charge on any atom is 0.164 e. The summed E-state index contributed by atoms with van der Waals surface area (Å²) in [5.41, 5.74) is 7.25. The van der Waals surface area contributed by atoms with E-state index in [9.17, 15) is 0 Å². The van der Waals surface area contributed by atoms with Gasteiger partial charge in [-0.2, -0.15) is 5.10 Å². The normalized spacial score (nSPS) is 10.5. The third kappa shape index (κ3) is 2.87. The molecule has 0 saturated carbocycles. The van der Waals surface area contributed by atoms with E-state index in [4.69, 9.17) is 25.1 Å². The summed E-state index contributed by atoms with van der Waals surface area (Å²) in [4.78, 5) is 0. The van der Waals surface area contributed by atoms with Gasteiger partial charge in [0, 0.05) is 17.7 Å². The minimum atomic E-state index is -0.0333. The number of hydrogen-bond acceptors (Lipinski definition) is 6. The lowest BCUT2D eigenvalue weighted by Crippen LogP contribution is -2.07. The first-order valence-corrected chi connectivity index (χ1v) is 6.39. The molecule has 2 rings (SSSR count). The van der Waals surface area contributed by atoms with Crippen LogP contribution in [0.25, 0.3) is 11.3 Å². The highest BCUT2D eigenvalue weighted by atomic mass is 16.5. The fraction of sp³-hybridized carbons (Fsp3) is 0.357. The number of nitrogen functional groups attached to an aromatic ring is 1. The van der Waals surface area contributed by atoms with Crippen LogP contribution in [0.1, 0.15) is 0 Å². The summed E-state index contributed by atoms with van der Waals surface area (Å²) in [5.74, 6) is 2.21. The third-order valence-electron chi connectivity index (χ3n) is 3.10. The monoisotopic (exact) mass is 293 g/mol. The Kier molecular flexibility index (Phi) is 4.54. The van der Waals surface area contributed by atoms with Crippen molar-refractivity contribution in [1.82, 2.24) is 9.78 Å². The second kappa shape index (κ2) is 6.36. The van der Waals surface area contributed by atoms with Crippen molar-refractivity contribution < 1.29 is 19.3 Å². The molecule has 7 nitrogen and oxygen atoms in total. The number of ether oxygens (including phenoxy) is 3. The van der Waals surface area contributed by atoms with Gasteiger partial charge < -0.3 is 25.1 Å². The van der Waals surface area contributed by atoms with Crippen LogP contribution in [0, 0.1) is 0 Å².